The molecule has 1 aliphatic carbocycles. The van der Waals surface area contributed by atoms with Crippen LogP contribution in [0.1, 0.15) is 51.3 Å². The van der Waals surface area contributed by atoms with E-state index in [4.69, 9.17) is 4.74 Å². The SMILES string of the molecule is CC1(c2nnnn2CC2(C(=O)O)CCCC2)CCCO1. The highest BCUT2D eigenvalue weighted by atomic mass is 16.5. The van der Waals surface area contributed by atoms with Crippen molar-refractivity contribution in [2.45, 2.75) is 57.6 Å². The average molecular weight is 280 g/mol. The van der Waals surface area contributed by atoms with Gasteiger partial charge in [0.2, 0.25) is 0 Å². The predicted molar refractivity (Wildman–Crippen MR) is 68.9 cm³/mol. The Morgan fingerprint density at radius 3 is 2.70 bits per heavy atom. The van der Waals surface area contributed by atoms with Crippen LogP contribution in [0.3, 0.4) is 0 Å². The number of carbonyl (C=O) groups is 1. The number of carboxylic acid groups (broad SMARTS) is 1. The Morgan fingerprint density at radius 1 is 1.35 bits per heavy atom. The van der Waals surface area contributed by atoms with Crippen molar-refractivity contribution < 1.29 is 14.6 Å². The molecule has 20 heavy (non-hydrogen) atoms. The molecular weight excluding hydrogens is 260 g/mol. The third-order valence-electron chi connectivity index (χ3n) is 4.69. The van der Waals surface area contributed by atoms with E-state index >= 15 is 0 Å². The van der Waals surface area contributed by atoms with Crippen LogP contribution >= 0.6 is 0 Å². The maximum Gasteiger partial charge on any atom is 0.311 e. The maximum atomic E-state index is 11.6. The van der Waals surface area contributed by atoms with Crippen LogP contribution in [0.25, 0.3) is 0 Å². The minimum absolute atomic E-state index is 0.337. The van der Waals surface area contributed by atoms with Crippen LogP contribution in [0, 0.1) is 5.41 Å². The minimum Gasteiger partial charge on any atom is -0.481 e. The van der Waals surface area contributed by atoms with Gasteiger partial charge in [0.1, 0.15) is 5.60 Å². The summed E-state index contributed by atoms with van der Waals surface area (Å²) in [5.74, 6) is -0.0866. The van der Waals surface area contributed by atoms with E-state index in [-0.39, 0.29) is 0 Å². The third-order valence-corrected chi connectivity index (χ3v) is 4.69. The Morgan fingerprint density at radius 2 is 2.10 bits per heavy atom. The second-order valence-electron chi connectivity index (χ2n) is 6.14. The molecule has 0 radical (unpaired) electrons. The second-order valence-corrected chi connectivity index (χ2v) is 6.14. The van der Waals surface area contributed by atoms with Crippen molar-refractivity contribution in [2.75, 3.05) is 6.61 Å². The van der Waals surface area contributed by atoms with Gasteiger partial charge in [-0.2, -0.15) is 0 Å². The van der Waals surface area contributed by atoms with E-state index in [1.165, 1.54) is 0 Å². The quantitative estimate of drug-likeness (QED) is 0.895. The number of hydrogen-bond donors (Lipinski definition) is 1. The van der Waals surface area contributed by atoms with E-state index in [1.807, 2.05) is 6.92 Å². The number of aliphatic carboxylic acids is 1. The lowest BCUT2D eigenvalue weighted by molar-refractivity contribution is -0.149. The van der Waals surface area contributed by atoms with Gasteiger partial charge >= 0.3 is 5.97 Å². The van der Waals surface area contributed by atoms with Crippen LogP contribution in [0.2, 0.25) is 0 Å². The summed E-state index contributed by atoms with van der Waals surface area (Å²) in [6.45, 7) is 3.02. The number of tetrazole rings is 1. The molecule has 1 unspecified atom stereocenters. The summed E-state index contributed by atoms with van der Waals surface area (Å²) < 4.78 is 7.42. The molecule has 1 aromatic heterocycles. The molecule has 1 aliphatic heterocycles. The molecule has 0 aromatic carbocycles. The lowest BCUT2D eigenvalue weighted by Gasteiger charge is -2.27. The molecule has 2 fully saturated rings. The van der Waals surface area contributed by atoms with E-state index in [0.717, 1.165) is 25.7 Å². The highest BCUT2D eigenvalue weighted by molar-refractivity contribution is 5.74. The van der Waals surface area contributed by atoms with Gasteiger partial charge in [0.15, 0.2) is 5.82 Å². The Hall–Kier alpha value is -1.50. The van der Waals surface area contributed by atoms with E-state index < -0.39 is 17.0 Å². The lowest BCUT2D eigenvalue weighted by atomic mass is 9.86. The monoisotopic (exact) mass is 280 g/mol. The van der Waals surface area contributed by atoms with Crippen LogP contribution in [0.15, 0.2) is 0 Å². The number of nitrogens with zero attached hydrogens (tertiary/aromatic N) is 4. The first-order chi connectivity index (χ1) is 9.56. The van der Waals surface area contributed by atoms with E-state index in [9.17, 15) is 9.90 Å². The van der Waals surface area contributed by atoms with Gasteiger partial charge < -0.3 is 9.84 Å². The van der Waals surface area contributed by atoms with Crippen LogP contribution in [-0.4, -0.2) is 37.9 Å². The summed E-state index contributed by atoms with van der Waals surface area (Å²) in [5.41, 5.74) is -1.21. The lowest BCUT2D eigenvalue weighted by Crippen LogP contribution is -2.36. The van der Waals surface area contributed by atoms with Crippen molar-refractivity contribution in [3.63, 3.8) is 0 Å². The van der Waals surface area contributed by atoms with Crippen molar-refractivity contribution in [1.82, 2.24) is 20.2 Å². The molecular formula is C13H20N4O3. The molecule has 1 saturated heterocycles. The van der Waals surface area contributed by atoms with Gasteiger partial charge in [-0.1, -0.05) is 12.8 Å². The molecule has 2 heterocycles. The molecule has 1 saturated carbocycles. The predicted octanol–water partition coefficient (Wildman–Crippen LogP) is 1.34. The Balaban J connectivity index is 1.88. The van der Waals surface area contributed by atoms with Gasteiger partial charge in [-0.25, -0.2) is 4.68 Å². The van der Waals surface area contributed by atoms with E-state index in [1.54, 1.807) is 4.68 Å². The molecule has 0 bridgehead atoms. The zero-order chi connectivity index (χ0) is 14.2. The molecule has 0 spiro atoms. The summed E-state index contributed by atoms with van der Waals surface area (Å²) in [5, 5.41) is 21.4. The Kier molecular flexibility index (Phi) is 3.24. The zero-order valence-electron chi connectivity index (χ0n) is 11.7. The second kappa shape index (κ2) is 4.80. The van der Waals surface area contributed by atoms with Gasteiger partial charge in [0.25, 0.3) is 0 Å². The minimum atomic E-state index is -0.742. The summed E-state index contributed by atoms with van der Waals surface area (Å²) >= 11 is 0. The summed E-state index contributed by atoms with van der Waals surface area (Å²) in [6.07, 6.45) is 5.15. The topological polar surface area (TPSA) is 90.1 Å². The average Bonchev–Trinajstić information content (AvgIpc) is 3.10. The molecule has 0 amide bonds. The first-order valence-corrected chi connectivity index (χ1v) is 7.20. The van der Waals surface area contributed by atoms with Gasteiger partial charge in [0, 0.05) is 6.61 Å². The number of rotatable bonds is 4. The summed E-state index contributed by atoms with van der Waals surface area (Å²) in [4.78, 5) is 11.6. The van der Waals surface area contributed by atoms with Gasteiger partial charge in [-0.3, -0.25) is 4.79 Å². The third kappa shape index (κ3) is 2.09. The van der Waals surface area contributed by atoms with E-state index in [2.05, 4.69) is 15.5 Å². The van der Waals surface area contributed by atoms with Crippen LogP contribution in [0.4, 0.5) is 0 Å². The first-order valence-electron chi connectivity index (χ1n) is 7.20. The zero-order valence-corrected chi connectivity index (χ0v) is 11.7. The van der Waals surface area contributed by atoms with Gasteiger partial charge in [-0.05, 0) is 43.0 Å². The number of aromatic nitrogens is 4. The fraction of sp³-hybridized carbons (Fsp3) is 0.846. The molecule has 7 heteroatoms. The standard InChI is InChI=1S/C13H20N4O3/c1-12(5-4-8-20-12)10-14-15-16-17(10)9-13(11(18)19)6-2-3-7-13/h2-9H2,1H3,(H,18,19). The maximum absolute atomic E-state index is 11.6. The molecule has 3 rings (SSSR count). The smallest absolute Gasteiger partial charge is 0.311 e. The first kappa shape index (κ1) is 13.5. The fourth-order valence-electron chi connectivity index (χ4n) is 3.42. The number of carboxylic acids is 1. The number of hydrogen-bond acceptors (Lipinski definition) is 5. The normalized spacial score (nSPS) is 28.9. The van der Waals surface area contributed by atoms with Crippen molar-refractivity contribution in [2.24, 2.45) is 5.41 Å². The Labute approximate surface area is 117 Å². The molecule has 2 aliphatic rings. The summed E-state index contributed by atoms with van der Waals surface area (Å²) in [6, 6.07) is 0. The highest BCUT2D eigenvalue weighted by Gasteiger charge is 2.44. The molecule has 1 N–H and O–H groups in total. The van der Waals surface area contributed by atoms with Crippen molar-refractivity contribution in [1.29, 1.82) is 0 Å². The van der Waals surface area contributed by atoms with Gasteiger partial charge in [-0.15, -0.1) is 5.10 Å². The highest BCUT2D eigenvalue weighted by Crippen LogP contribution is 2.41. The largest absolute Gasteiger partial charge is 0.481 e. The molecule has 1 aromatic rings. The van der Waals surface area contributed by atoms with E-state index in [0.29, 0.717) is 31.8 Å². The molecule has 1 atom stereocenters. The summed E-state index contributed by atoms with van der Waals surface area (Å²) in [7, 11) is 0. The van der Waals surface area contributed by atoms with Crippen LogP contribution in [0.5, 0.6) is 0 Å². The molecule has 110 valence electrons. The van der Waals surface area contributed by atoms with Crippen molar-refractivity contribution in [3.05, 3.63) is 5.82 Å². The molecule has 7 nitrogen and oxygen atoms in total. The van der Waals surface area contributed by atoms with Crippen molar-refractivity contribution in [3.8, 4) is 0 Å². The van der Waals surface area contributed by atoms with Crippen LogP contribution < -0.4 is 0 Å². The fourth-order valence-corrected chi connectivity index (χ4v) is 3.42. The number of ether oxygens (including phenoxy) is 1. The van der Waals surface area contributed by atoms with Crippen molar-refractivity contribution >= 4 is 5.97 Å². The Bertz CT molecular complexity index is 501. The van der Waals surface area contributed by atoms with Crippen LogP contribution in [-0.2, 0) is 21.7 Å². The van der Waals surface area contributed by atoms with Gasteiger partial charge in [0.05, 0.1) is 12.0 Å².